The van der Waals surface area contributed by atoms with Crippen LogP contribution in [0.15, 0.2) is 58.3 Å². The number of piperazine rings is 1. The van der Waals surface area contributed by atoms with Crippen molar-refractivity contribution in [3.05, 3.63) is 48.5 Å². The van der Waals surface area contributed by atoms with Crippen LogP contribution in [0.25, 0.3) is 0 Å². The highest BCUT2D eigenvalue weighted by molar-refractivity contribution is 8.00. The Morgan fingerprint density at radius 1 is 1.00 bits per heavy atom. The van der Waals surface area contributed by atoms with E-state index in [9.17, 15) is 8.42 Å². The fraction of sp³-hybridized carbons (Fsp3) is 0.455. The van der Waals surface area contributed by atoms with E-state index in [0.29, 0.717) is 23.7 Å². The van der Waals surface area contributed by atoms with Crippen LogP contribution in [0, 0.1) is 0 Å². The highest BCUT2D eigenvalue weighted by Gasteiger charge is 2.29. The molecule has 2 aromatic carbocycles. The number of anilines is 1. The van der Waals surface area contributed by atoms with Crippen LogP contribution < -0.4 is 9.04 Å². The summed E-state index contributed by atoms with van der Waals surface area (Å²) in [6.07, 6.45) is 0.960. The molecule has 0 unspecified atom stereocenters. The van der Waals surface area contributed by atoms with Gasteiger partial charge in [-0.05, 0) is 37.7 Å². The molecule has 162 valence electrons. The smallest absolute Gasteiger partial charge is 0.264 e. The molecular formula is C22H29N3O3S2. The lowest BCUT2D eigenvalue weighted by atomic mass is 10.3. The maximum atomic E-state index is 13.2. The zero-order chi connectivity index (χ0) is 21.0. The molecular weight excluding hydrogens is 418 g/mol. The van der Waals surface area contributed by atoms with Crippen molar-refractivity contribution in [2.45, 2.75) is 16.2 Å². The summed E-state index contributed by atoms with van der Waals surface area (Å²) in [6, 6.07) is 14.4. The average Bonchev–Trinajstić information content (AvgIpc) is 2.78. The molecule has 0 N–H and O–H groups in total. The van der Waals surface area contributed by atoms with Crippen LogP contribution in [0.1, 0.15) is 6.42 Å². The molecule has 1 fully saturated rings. The number of thioether (sulfide) groups is 1. The molecule has 2 aliphatic rings. The molecule has 2 heterocycles. The molecule has 8 heteroatoms. The molecule has 2 aromatic rings. The van der Waals surface area contributed by atoms with Crippen molar-refractivity contribution in [2.24, 2.45) is 0 Å². The highest BCUT2D eigenvalue weighted by Crippen LogP contribution is 2.39. The van der Waals surface area contributed by atoms with Crippen molar-refractivity contribution in [3.63, 3.8) is 0 Å². The maximum absolute atomic E-state index is 13.2. The third-order valence-corrected chi connectivity index (χ3v) is 8.44. The van der Waals surface area contributed by atoms with Crippen LogP contribution in [-0.2, 0) is 10.0 Å². The number of hydrogen-bond acceptors (Lipinski definition) is 6. The van der Waals surface area contributed by atoms with Gasteiger partial charge in [0.2, 0.25) is 0 Å². The predicted octanol–water partition coefficient (Wildman–Crippen LogP) is 3.00. The standard InChI is InChI=1S/C22H29N3O3S2/c1-23-11-13-24(14-12-23)10-5-16-28-19-8-9-22-21(18-19)25(15-17-29-22)30(26,27)20-6-3-2-4-7-20/h2-4,6-9,18H,5,10-17H2,1H3. The van der Waals surface area contributed by atoms with Crippen molar-refractivity contribution in [1.29, 1.82) is 0 Å². The first-order chi connectivity index (χ1) is 14.5. The predicted molar refractivity (Wildman–Crippen MR) is 122 cm³/mol. The van der Waals surface area contributed by atoms with Gasteiger partial charge in [0.25, 0.3) is 10.0 Å². The monoisotopic (exact) mass is 447 g/mol. The van der Waals surface area contributed by atoms with E-state index in [1.54, 1.807) is 36.0 Å². The Labute approximate surface area is 183 Å². The lowest BCUT2D eigenvalue weighted by molar-refractivity contribution is 0.145. The van der Waals surface area contributed by atoms with Gasteiger partial charge in [0.05, 0.1) is 17.2 Å². The van der Waals surface area contributed by atoms with Crippen LogP contribution in [0.5, 0.6) is 5.75 Å². The van der Waals surface area contributed by atoms with Gasteiger partial charge in [0.15, 0.2) is 0 Å². The number of hydrogen-bond donors (Lipinski definition) is 0. The molecule has 0 atom stereocenters. The Hall–Kier alpha value is -1.74. The third-order valence-electron chi connectivity index (χ3n) is 5.57. The molecule has 0 saturated carbocycles. The summed E-state index contributed by atoms with van der Waals surface area (Å²) in [5, 5.41) is 0. The molecule has 30 heavy (non-hydrogen) atoms. The number of benzene rings is 2. The molecule has 6 nitrogen and oxygen atoms in total. The fourth-order valence-corrected chi connectivity index (χ4v) is 6.43. The largest absolute Gasteiger partial charge is 0.493 e. The quantitative estimate of drug-likeness (QED) is 0.608. The van der Waals surface area contributed by atoms with Gasteiger partial charge in [-0.25, -0.2) is 8.42 Å². The zero-order valence-corrected chi connectivity index (χ0v) is 19.0. The SMILES string of the molecule is CN1CCN(CCCOc2ccc3c(c2)N(S(=O)(=O)c2ccccc2)CCS3)CC1. The third kappa shape index (κ3) is 4.94. The molecule has 0 radical (unpaired) electrons. The van der Waals surface area contributed by atoms with Gasteiger partial charge in [-0.2, -0.15) is 0 Å². The minimum atomic E-state index is -3.58. The molecule has 2 aliphatic heterocycles. The maximum Gasteiger partial charge on any atom is 0.264 e. The van der Waals surface area contributed by atoms with Crippen molar-refractivity contribution in [2.75, 3.05) is 63.0 Å². The fourth-order valence-electron chi connectivity index (χ4n) is 3.78. The van der Waals surface area contributed by atoms with E-state index in [0.717, 1.165) is 55.5 Å². The van der Waals surface area contributed by atoms with E-state index < -0.39 is 10.0 Å². The average molecular weight is 448 g/mol. The number of nitrogens with zero attached hydrogens (tertiary/aromatic N) is 3. The van der Waals surface area contributed by atoms with Gasteiger partial charge < -0.3 is 14.5 Å². The summed E-state index contributed by atoms with van der Waals surface area (Å²) in [7, 11) is -1.42. The van der Waals surface area contributed by atoms with Crippen molar-refractivity contribution in [3.8, 4) is 5.75 Å². The lowest BCUT2D eigenvalue weighted by Gasteiger charge is -2.32. The first-order valence-electron chi connectivity index (χ1n) is 10.4. The summed E-state index contributed by atoms with van der Waals surface area (Å²) in [6.45, 7) is 6.58. The first-order valence-corrected chi connectivity index (χ1v) is 12.8. The highest BCUT2D eigenvalue weighted by atomic mass is 32.2. The first kappa shape index (κ1) is 21.5. The second kappa shape index (κ2) is 9.60. The Balaban J connectivity index is 1.41. The number of ether oxygens (including phenoxy) is 1. The van der Waals surface area contributed by atoms with Gasteiger partial charge in [0, 0.05) is 56.0 Å². The molecule has 0 bridgehead atoms. The molecule has 4 rings (SSSR count). The Morgan fingerprint density at radius 3 is 2.53 bits per heavy atom. The number of sulfonamides is 1. The number of fused-ring (bicyclic) bond motifs is 1. The van der Waals surface area contributed by atoms with E-state index in [4.69, 9.17) is 4.74 Å². The van der Waals surface area contributed by atoms with Crippen LogP contribution >= 0.6 is 11.8 Å². The van der Waals surface area contributed by atoms with Crippen LogP contribution in [0.3, 0.4) is 0 Å². The molecule has 0 aromatic heterocycles. The second-order valence-electron chi connectivity index (χ2n) is 7.72. The van der Waals surface area contributed by atoms with E-state index in [1.807, 2.05) is 24.3 Å². The van der Waals surface area contributed by atoms with Crippen LogP contribution in [-0.4, -0.2) is 76.9 Å². The van der Waals surface area contributed by atoms with Crippen LogP contribution in [0.2, 0.25) is 0 Å². The second-order valence-corrected chi connectivity index (χ2v) is 10.7. The Morgan fingerprint density at radius 2 is 1.77 bits per heavy atom. The van der Waals surface area contributed by atoms with Gasteiger partial charge in [-0.1, -0.05) is 18.2 Å². The summed E-state index contributed by atoms with van der Waals surface area (Å²) in [5.74, 6) is 1.47. The van der Waals surface area contributed by atoms with E-state index in [1.165, 1.54) is 4.31 Å². The van der Waals surface area contributed by atoms with E-state index >= 15 is 0 Å². The van der Waals surface area contributed by atoms with Gasteiger partial charge in [-0.3, -0.25) is 4.31 Å². The summed E-state index contributed by atoms with van der Waals surface area (Å²) < 4.78 is 33.9. The summed E-state index contributed by atoms with van der Waals surface area (Å²) in [4.78, 5) is 6.13. The van der Waals surface area contributed by atoms with E-state index in [-0.39, 0.29) is 0 Å². The Kier molecular flexibility index (Phi) is 6.87. The summed E-state index contributed by atoms with van der Waals surface area (Å²) in [5.41, 5.74) is 0.715. The summed E-state index contributed by atoms with van der Waals surface area (Å²) >= 11 is 1.69. The lowest BCUT2D eigenvalue weighted by Crippen LogP contribution is -2.44. The van der Waals surface area contributed by atoms with E-state index in [2.05, 4.69) is 16.8 Å². The van der Waals surface area contributed by atoms with Crippen molar-refractivity contribution in [1.82, 2.24) is 9.80 Å². The Bertz CT molecular complexity index is 945. The topological polar surface area (TPSA) is 53.1 Å². The molecule has 1 saturated heterocycles. The minimum Gasteiger partial charge on any atom is -0.493 e. The van der Waals surface area contributed by atoms with Gasteiger partial charge >= 0.3 is 0 Å². The molecule has 0 spiro atoms. The van der Waals surface area contributed by atoms with Crippen molar-refractivity contribution < 1.29 is 13.2 Å². The normalized spacial score (nSPS) is 18.2. The van der Waals surface area contributed by atoms with Crippen LogP contribution in [0.4, 0.5) is 5.69 Å². The zero-order valence-electron chi connectivity index (χ0n) is 17.4. The van der Waals surface area contributed by atoms with Gasteiger partial charge in [-0.15, -0.1) is 11.8 Å². The molecule has 0 aliphatic carbocycles. The van der Waals surface area contributed by atoms with Gasteiger partial charge in [0.1, 0.15) is 5.75 Å². The molecule has 0 amide bonds. The number of rotatable bonds is 7. The van der Waals surface area contributed by atoms with Crippen molar-refractivity contribution >= 4 is 27.5 Å². The minimum absolute atomic E-state index is 0.321. The number of likely N-dealkylation sites (N-methyl/N-ethyl adjacent to an activating group) is 1.